The second-order valence-electron chi connectivity index (χ2n) is 3.62. The van der Waals surface area contributed by atoms with E-state index in [-0.39, 0.29) is 30.2 Å². The number of hydrogen-bond donors (Lipinski definition) is 2. The summed E-state index contributed by atoms with van der Waals surface area (Å²) < 4.78 is 10.1. The maximum Gasteiger partial charge on any atom is 0.289 e. The molecule has 0 radical (unpaired) electrons. The van der Waals surface area contributed by atoms with E-state index < -0.39 is 0 Å². The minimum Gasteiger partial charge on any atom is -0.494 e. The zero-order valence-electron chi connectivity index (χ0n) is 9.03. The molecule has 0 aromatic carbocycles. The van der Waals surface area contributed by atoms with Crippen LogP contribution >= 0.6 is 0 Å². The average molecular weight is 215 g/mol. The van der Waals surface area contributed by atoms with Gasteiger partial charge in [-0.3, -0.25) is 4.79 Å². The van der Waals surface area contributed by atoms with Crippen LogP contribution in [-0.2, 0) is 14.3 Å². The highest BCUT2D eigenvalue weighted by molar-refractivity contribution is 5.91. The fourth-order valence-corrected chi connectivity index (χ4v) is 1.07. The summed E-state index contributed by atoms with van der Waals surface area (Å²) in [6, 6.07) is -0.103. The third-order valence-corrected chi connectivity index (χ3v) is 2.37. The zero-order valence-corrected chi connectivity index (χ0v) is 9.03. The van der Waals surface area contributed by atoms with Gasteiger partial charge in [-0.2, -0.15) is 0 Å². The van der Waals surface area contributed by atoms with Gasteiger partial charge in [0, 0.05) is 12.6 Å². The fourth-order valence-electron chi connectivity index (χ4n) is 1.07. The van der Waals surface area contributed by atoms with Gasteiger partial charge in [-0.1, -0.05) is 6.92 Å². The van der Waals surface area contributed by atoms with Crippen molar-refractivity contribution in [2.24, 2.45) is 5.92 Å². The van der Waals surface area contributed by atoms with Crippen LogP contribution in [0.5, 0.6) is 0 Å². The monoisotopic (exact) mass is 215 g/mol. The summed E-state index contributed by atoms with van der Waals surface area (Å²) in [6.45, 7) is 4.60. The third-order valence-electron chi connectivity index (χ3n) is 2.37. The first-order valence-electron chi connectivity index (χ1n) is 5.01. The van der Waals surface area contributed by atoms with Crippen molar-refractivity contribution in [1.82, 2.24) is 5.32 Å². The molecule has 1 aliphatic heterocycles. The number of hydrogen-bond acceptors (Lipinski definition) is 4. The van der Waals surface area contributed by atoms with E-state index in [1.807, 2.05) is 13.8 Å². The maximum atomic E-state index is 11.6. The van der Waals surface area contributed by atoms with Crippen molar-refractivity contribution in [3.63, 3.8) is 0 Å². The number of aliphatic hydroxyl groups excluding tert-OH is 1. The predicted octanol–water partition coefficient (Wildman–Crippen LogP) is 0.00770. The maximum absolute atomic E-state index is 11.6. The van der Waals surface area contributed by atoms with Crippen LogP contribution in [0.25, 0.3) is 0 Å². The molecule has 0 aromatic rings. The summed E-state index contributed by atoms with van der Waals surface area (Å²) in [4.78, 5) is 11.6. The Balaban J connectivity index is 2.44. The molecule has 0 bridgehead atoms. The Kier molecular flexibility index (Phi) is 4.42. The Hall–Kier alpha value is -1.23. The first-order chi connectivity index (χ1) is 7.15. The van der Waals surface area contributed by atoms with Crippen LogP contribution in [0.4, 0.5) is 0 Å². The highest BCUT2D eigenvalue weighted by Gasteiger charge is 2.19. The van der Waals surface area contributed by atoms with Gasteiger partial charge < -0.3 is 19.9 Å². The van der Waals surface area contributed by atoms with Crippen LogP contribution in [0.1, 0.15) is 13.8 Å². The zero-order chi connectivity index (χ0) is 11.3. The number of ether oxygens (including phenoxy) is 2. The summed E-state index contributed by atoms with van der Waals surface area (Å²) in [5, 5.41) is 11.6. The van der Waals surface area contributed by atoms with Gasteiger partial charge in [0.15, 0.2) is 0 Å². The summed E-state index contributed by atoms with van der Waals surface area (Å²) >= 11 is 0. The molecule has 5 heteroatoms. The second kappa shape index (κ2) is 5.60. The van der Waals surface area contributed by atoms with Gasteiger partial charge in [-0.25, -0.2) is 0 Å². The van der Waals surface area contributed by atoms with Crippen molar-refractivity contribution < 1.29 is 19.4 Å². The summed E-state index contributed by atoms with van der Waals surface area (Å²) in [5.41, 5.74) is 0. The molecule has 1 amide bonds. The van der Waals surface area contributed by atoms with Gasteiger partial charge in [-0.15, -0.1) is 0 Å². The van der Waals surface area contributed by atoms with Crippen LogP contribution < -0.4 is 5.32 Å². The van der Waals surface area contributed by atoms with Crippen molar-refractivity contribution >= 4 is 5.91 Å². The lowest BCUT2D eigenvalue weighted by molar-refractivity contribution is -0.123. The molecule has 0 fully saturated rings. The Labute approximate surface area is 89.1 Å². The Morgan fingerprint density at radius 1 is 1.60 bits per heavy atom. The molecule has 2 unspecified atom stereocenters. The van der Waals surface area contributed by atoms with E-state index in [1.54, 1.807) is 0 Å². The number of carbonyl (C=O) groups excluding carboxylic acids is 1. The first kappa shape index (κ1) is 11.8. The van der Waals surface area contributed by atoms with Gasteiger partial charge in [0.25, 0.3) is 5.91 Å². The fraction of sp³-hybridized carbons (Fsp3) is 0.700. The highest BCUT2D eigenvalue weighted by Crippen LogP contribution is 2.06. The number of amides is 1. The number of rotatable bonds is 4. The summed E-state index contributed by atoms with van der Waals surface area (Å²) in [6.07, 6.45) is 1.31. The normalized spacial score (nSPS) is 19.3. The minimum atomic E-state index is -0.303. The van der Waals surface area contributed by atoms with Crippen LogP contribution in [0.3, 0.4) is 0 Å². The quantitative estimate of drug-likeness (QED) is 0.693. The number of carbonyl (C=O) groups is 1. The Bertz CT molecular complexity index is 252. The molecule has 1 rings (SSSR count). The van der Waals surface area contributed by atoms with E-state index in [1.165, 1.54) is 6.26 Å². The van der Waals surface area contributed by atoms with Crippen molar-refractivity contribution in [2.45, 2.75) is 19.9 Å². The summed E-state index contributed by atoms with van der Waals surface area (Å²) in [5.74, 6) is -0.0974. The van der Waals surface area contributed by atoms with Crippen molar-refractivity contribution in [1.29, 1.82) is 0 Å². The van der Waals surface area contributed by atoms with Crippen molar-refractivity contribution in [3.8, 4) is 0 Å². The topological polar surface area (TPSA) is 67.8 Å². The Morgan fingerprint density at radius 3 is 2.87 bits per heavy atom. The highest BCUT2D eigenvalue weighted by atomic mass is 16.6. The first-order valence-corrected chi connectivity index (χ1v) is 5.01. The lowest BCUT2D eigenvalue weighted by Crippen LogP contribution is -2.40. The van der Waals surface area contributed by atoms with Gasteiger partial charge in [0.2, 0.25) is 5.76 Å². The average Bonchev–Trinajstić information content (AvgIpc) is 2.29. The van der Waals surface area contributed by atoms with Crippen LogP contribution in [0.2, 0.25) is 0 Å². The molecule has 1 heterocycles. The molecule has 15 heavy (non-hydrogen) atoms. The molecular weight excluding hydrogens is 198 g/mol. The smallest absolute Gasteiger partial charge is 0.289 e. The van der Waals surface area contributed by atoms with E-state index in [0.717, 1.165) is 0 Å². The largest absolute Gasteiger partial charge is 0.494 e. The Morgan fingerprint density at radius 2 is 2.33 bits per heavy atom. The molecule has 0 saturated carbocycles. The molecule has 0 saturated heterocycles. The molecular formula is C10H17NO4. The molecule has 0 aromatic heterocycles. The van der Waals surface area contributed by atoms with Gasteiger partial charge in [0.1, 0.15) is 19.5 Å². The summed E-state index contributed by atoms with van der Waals surface area (Å²) in [7, 11) is 0. The molecule has 2 N–H and O–H groups in total. The van der Waals surface area contributed by atoms with Gasteiger partial charge >= 0.3 is 0 Å². The number of aliphatic hydroxyl groups is 1. The number of nitrogens with one attached hydrogen (secondary N) is 1. The third kappa shape index (κ3) is 3.43. The second-order valence-corrected chi connectivity index (χ2v) is 3.62. The standard InChI is InChI=1S/C10H17NO4/c1-7(5-12)8(2)11-10(13)9-6-14-3-4-15-9/h6-8,12H,3-5H2,1-2H3,(H,11,13). The minimum absolute atomic E-state index is 0.0130. The molecule has 86 valence electrons. The van der Waals surface area contributed by atoms with Gasteiger partial charge in [-0.05, 0) is 12.8 Å². The lowest BCUT2D eigenvalue weighted by atomic mass is 10.1. The molecule has 5 nitrogen and oxygen atoms in total. The van der Waals surface area contributed by atoms with Crippen LogP contribution in [0, 0.1) is 5.92 Å². The molecule has 1 aliphatic rings. The van der Waals surface area contributed by atoms with E-state index in [2.05, 4.69) is 5.32 Å². The van der Waals surface area contributed by atoms with Crippen molar-refractivity contribution in [2.75, 3.05) is 19.8 Å². The SMILES string of the molecule is CC(CO)C(C)NC(=O)C1=COCCO1. The molecule has 2 atom stereocenters. The van der Waals surface area contributed by atoms with E-state index in [4.69, 9.17) is 14.6 Å². The van der Waals surface area contributed by atoms with E-state index in [9.17, 15) is 4.79 Å². The van der Waals surface area contributed by atoms with Crippen molar-refractivity contribution in [3.05, 3.63) is 12.0 Å². The van der Waals surface area contributed by atoms with Crippen LogP contribution in [0.15, 0.2) is 12.0 Å². The van der Waals surface area contributed by atoms with Crippen LogP contribution in [-0.4, -0.2) is 36.9 Å². The molecule has 0 aliphatic carbocycles. The van der Waals surface area contributed by atoms with E-state index >= 15 is 0 Å². The lowest BCUT2D eigenvalue weighted by Gasteiger charge is -2.21. The van der Waals surface area contributed by atoms with E-state index in [0.29, 0.717) is 13.2 Å². The van der Waals surface area contributed by atoms with Gasteiger partial charge in [0.05, 0.1) is 0 Å². The predicted molar refractivity (Wildman–Crippen MR) is 53.8 cm³/mol. The molecule has 0 spiro atoms.